The molecule has 0 bridgehead atoms. The van der Waals surface area contributed by atoms with Gasteiger partial charge in [0.25, 0.3) is 0 Å². The third-order valence-corrected chi connectivity index (χ3v) is 5.05. The van der Waals surface area contributed by atoms with Crippen molar-refractivity contribution >= 4 is 11.5 Å². The van der Waals surface area contributed by atoms with Crippen LogP contribution < -0.4 is 10.2 Å². The lowest BCUT2D eigenvalue weighted by Crippen LogP contribution is -2.27. The van der Waals surface area contributed by atoms with Gasteiger partial charge in [-0.15, -0.1) is 0 Å². The van der Waals surface area contributed by atoms with Gasteiger partial charge in [-0.3, -0.25) is 0 Å². The topological polar surface area (TPSA) is 89.5 Å². The number of piperidine rings is 1. The Morgan fingerprint density at radius 3 is 2.96 bits per heavy atom. The highest BCUT2D eigenvalue weighted by molar-refractivity contribution is 5.54. The first-order chi connectivity index (χ1) is 11.7. The lowest BCUT2D eigenvalue weighted by molar-refractivity contribution is 0.171. The number of fused-ring (bicyclic) bond motifs is 1. The van der Waals surface area contributed by atoms with Crippen LogP contribution in [0.3, 0.4) is 0 Å². The summed E-state index contributed by atoms with van der Waals surface area (Å²) < 4.78 is 1.83. The van der Waals surface area contributed by atoms with Gasteiger partial charge in [-0.1, -0.05) is 6.42 Å². The molecule has 0 amide bonds. The van der Waals surface area contributed by atoms with Crippen LogP contribution >= 0.6 is 0 Å². The van der Waals surface area contributed by atoms with Crippen molar-refractivity contribution in [2.45, 2.75) is 38.3 Å². The van der Waals surface area contributed by atoms with Gasteiger partial charge in [0, 0.05) is 30.9 Å². The Balaban J connectivity index is 1.65. The molecular weight excluding hydrogens is 304 g/mol. The third kappa shape index (κ3) is 2.62. The Labute approximate surface area is 140 Å². The van der Waals surface area contributed by atoms with E-state index in [1.807, 2.05) is 28.6 Å². The summed E-state index contributed by atoms with van der Waals surface area (Å²) in [7, 11) is 0. The minimum Gasteiger partial charge on any atom is -0.390 e. The first-order valence-corrected chi connectivity index (χ1v) is 8.58. The zero-order valence-electron chi connectivity index (χ0n) is 13.8. The van der Waals surface area contributed by atoms with Crippen LogP contribution in [-0.4, -0.2) is 45.4 Å². The predicted molar refractivity (Wildman–Crippen MR) is 89.6 cm³/mol. The second-order valence-corrected chi connectivity index (χ2v) is 6.83. The summed E-state index contributed by atoms with van der Waals surface area (Å²) in [4.78, 5) is 6.75. The largest absolute Gasteiger partial charge is 0.390 e. The number of hydrogen-bond donors (Lipinski definition) is 2. The summed E-state index contributed by atoms with van der Waals surface area (Å²) in [5.74, 6) is 0.483. The molecule has 1 unspecified atom stereocenters. The maximum atomic E-state index is 9.98. The fourth-order valence-electron chi connectivity index (χ4n) is 3.70. The summed E-state index contributed by atoms with van der Waals surface area (Å²) in [5, 5.41) is 27.3. The van der Waals surface area contributed by atoms with Crippen molar-refractivity contribution in [1.82, 2.24) is 19.9 Å². The van der Waals surface area contributed by atoms with Gasteiger partial charge in [0.1, 0.15) is 5.82 Å². The molecule has 2 aliphatic heterocycles. The predicted octanol–water partition coefficient (Wildman–Crippen LogP) is 1.17. The highest BCUT2D eigenvalue weighted by Crippen LogP contribution is 2.27. The van der Waals surface area contributed by atoms with Gasteiger partial charge in [0.15, 0.2) is 5.65 Å². The maximum absolute atomic E-state index is 9.98. The van der Waals surface area contributed by atoms with Gasteiger partial charge < -0.3 is 15.3 Å². The van der Waals surface area contributed by atoms with E-state index < -0.39 is 6.10 Å². The zero-order chi connectivity index (χ0) is 16.7. The van der Waals surface area contributed by atoms with Crippen molar-refractivity contribution in [3.05, 3.63) is 23.5 Å². The van der Waals surface area contributed by atoms with Crippen LogP contribution in [0.25, 0.3) is 5.65 Å². The number of anilines is 1. The van der Waals surface area contributed by atoms with E-state index in [9.17, 15) is 5.11 Å². The molecule has 7 nitrogen and oxygen atoms in total. The molecule has 0 radical (unpaired) electrons. The number of nitrogens with zero attached hydrogens (tertiary/aromatic N) is 5. The molecule has 2 fully saturated rings. The van der Waals surface area contributed by atoms with Gasteiger partial charge >= 0.3 is 0 Å². The van der Waals surface area contributed by atoms with Crippen LogP contribution in [0.1, 0.15) is 36.6 Å². The van der Waals surface area contributed by atoms with E-state index in [2.05, 4.69) is 16.5 Å². The van der Waals surface area contributed by atoms with E-state index in [4.69, 9.17) is 10.2 Å². The number of nitriles is 1. The number of β-amino-alcohol motifs (C(OH)–C–C–N with tert-alkyl or cyclic N) is 1. The van der Waals surface area contributed by atoms with E-state index in [0.717, 1.165) is 35.7 Å². The molecule has 0 aliphatic carbocycles. The first kappa shape index (κ1) is 15.4. The number of aliphatic hydroxyl groups excluding tert-OH is 1. The number of aromatic nitrogens is 3. The van der Waals surface area contributed by atoms with E-state index in [1.165, 1.54) is 12.8 Å². The molecule has 2 aromatic rings. The highest BCUT2D eigenvalue weighted by atomic mass is 16.3. The third-order valence-electron chi connectivity index (χ3n) is 5.05. The number of aryl methyl sites for hydroxylation is 1. The molecule has 0 aromatic carbocycles. The summed E-state index contributed by atoms with van der Waals surface area (Å²) in [6.07, 6.45) is 4.93. The van der Waals surface area contributed by atoms with Crippen LogP contribution in [0.15, 0.2) is 12.3 Å². The normalized spacial score (nSPS) is 27.5. The number of nitrogens with one attached hydrogen (secondary N) is 1. The summed E-state index contributed by atoms with van der Waals surface area (Å²) in [6, 6.07) is 4.52. The molecular formula is C17H22N6O. The smallest absolute Gasteiger partial charge is 0.157 e. The standard InChI is InChI=1S/C17H22N6O/c1-11-8-23-16(6-14(21-23)13-4-2-3-5-19-13)20-17(11)22-9-12(7-18)15(24)10-22/h6,8,12-13,15,19,24H,2-5,9-10H2,1H3/t12-,13+,15?/m1/s1. The van der Waals surface area contributed by atoms with Crippen LogP contribution in [0, 0.1) is 24.2 Å². The number of aliphatic hydroxyl groups is 1. The number of hydrogen-bond acceptors (Lipinski definition) is 6. The van der Waals surface area contributed by atoms with Crippen molar-refractivity contribution in [1.29, 1.82) is 5.26 Å². The van der Waals surface area contributed by atoms with Crippen LogP contribution in [0.5, 0.6) is 0 Å². The summed E-state index contributed by atoms with van der Waals surface area (Å²) in [6.45, 7) is 4.01. The SMILES string of the molecule is Cc1cn2nc([C@@H]3CCCCN3)cc2nc1N1CC(O)[C@H](C#N)C1. The lowest BCUT2D eigenvalue weighted by Gasteiger charge is -2.21. The Hall–Kier alpha value is -2.17. The second kappa shape index (κ2) is 6.04. The van der Waals surface area contributed by atoms with Gasteiger partial charge in [-0.25, -0.2) is 9.50 Å². The molecule has 126 valence electrons. The van der Waals surface area contributed by atoms with Gasteiger partial charge in [-0.05, 0) is 26.3 Å². The van der Waals surface area contributed by atoms with Crippen molar-refractivity contribution in [2.75, 3.05) is 24.5 Å². The minimum atomic E-state index is -0.612. The molecule has 2 N–H and O–H groups in total. The minimum absolute atomic E-state index is 0.306. The van der Waals surface area contributed by atoms with E-state index in [-0.39, 0.29) is 5.92 Å². The second-order valence-electron chi connectivity index (χ2n) is 6.83. The van der Waals surface area contributed by atoms with Crippen molar-refractivity contribution in [3.8, 4) is 6.07 Å². The molecule has 24 heavy (non-hydrogen) atoms. The average molecular weight is 326 g/mol. The van der Waals surface area contributed by atoms with Crippen LogP contribution in [0.4, 0.5) is 5.82 Å². The fourth-order valence-corrected chi connectivity index (χ4v) is 3.70. The summed E-state index contributed by atoms with van der Waals surface area (Å²) in [5.41, 5.74) is 2.85. The molecule has 2 aromatic heterocycles. The monoisotopic (exact) mass is 326 g/mol. The van der Waals surface area contributed by atoms with E-state index in [1.54, 1.807) is 0 Å². The van der Waals surface area contributed by atoms with Crippen LogP contribution in [0.2, 0.25) is 0 Å². The molecule has 4 rings (SSSR count). The molecule has 3 atom stereocenters. The quantitative estimate of drug-likeness (QED) is 0.861. The Bertz CT molecular complexity index is 788. The molecule has 2 aliphatic rings. The Morgan fingerprint density at radius 2 is 2.25 bits per heavy atom. The maximum Gasteiger partial charge on any atom is 0.157 e. The molecule has 0 spiro atoms. The summed E-state index contributed by atoms with van der Waals surface area (Å²) >= 11 is 0. The van der Waals surface area contributed by atoms with E-state index >= 15 is 0 Å². The zero-order valence-corrected chi connectivity index (χ0v) is 13.8. The van der Waals surface area contributed by atoms with Crippen molar-refractivity contribution in [2.24, 2.45) is 5.92 Å². The van der Waals surface area contributed by atoms with Crippen LogP contribution in [-0.2, 0) is 0 Å². The Morgan fingerprint density at radius 1 is 1.38 bits per heavy atom. The molecule has 0 saturated carbocycles. The molecule has 2 saturated heterocycles. The lowest BCUT2D eigenvalue weighted by atomic mass is 10.0. The van der Waals surface area contributed by atoms with Crippen molar-refractivity contribution in [3.63, 3.8) is 0 Å². The molecule has 7 heteroatoms. The number of rotatable bonds is 2. The van der Waals surface area contributed by atoms with E-state index in [0.29, 0.717) is 19.1 Å². The molecule has 4 heterocycles. The van der Waals surface area contributed by atoms with Crippen molar-refractivity contribution < 1.29 is 5.11 Å². The highest BCUT2D eigenvalue weighted by Gasteiger charge is 2.33. The van der Waals surface area contributed by atoms with Gasteiger partial charge in [-0.2, -0.15) is 10.4 Å². The van der Waals surface area contributed by atoms with Gasteiger partial charge in [0.2, 0.25) is 0 Å². The average Bonchev–Trinajstić information content (AvgIpc) is 3.17. The fraction of sp³-hybridized carbons (Fsp3) is 0.588. The Kier molecular flexibility index (Phi) is 3.87. The first-order valence-electron chi connectivity index (χ1n) is 8.58. The van der Waals surface area contributed by atoms with Gasteiger partial charge in [0.05, 0.1) is 29.8 Å².